The second-order valence-corrected chi connectivity index (χ2v) is 6.48. The number of hydrogen-bond donors (Lipinski definition) is 4. The number of benzene rings is 1. The molecule has 0 fully saturated rings. The number of carbonyl (C=O) groups is 2. The fourth-order valence-corrected chi connectivity index (χ4v) is 3.48. The van der Waals surface area contributed by atoms with Gasteiger partial charge >= 0.3 is 5.97 Å². The van der Waals surface area contributed by atoms with Gasteiger partial charge in [0.05, 0.1) is 28.9 Å². The van der Waals surface area contributed by atoms with Gasteiger partial charge in [0.25, 0.3) is 0 Å². The van der Waals surface area contributed by atoms with Gasteiger partial charge in [0, 0.05) is 0 Å². The van der Waals surface area contributed by atoms with Crippen molar-refractivity contribution in [2.75, 3.05) is 4.31 Å². The summed E-state index contributed by atoms with van der Waals surface area (Å²) in [6.07, 6.45) is -0.412. The highest BCUT2D eigenvalue weighted by Crippen LogP contribution is 2.34. The average molecular weight is 415 g/mol. The van der Waals surface area contributed by atoms with E-state index in [9.17, 15) is 22.7 Å². The number of nitrogens with one attached hydrogen (secondary N) is 1. The number of anilines is 2. The molecule has 1 aromatic heterocycles. The summed E-state index contributed by atoms with van der Waals surface area (Å²) in [7, 11) is 0. The van der Waals surface area contributed by atoms with Crippen LogP contribution in [0.25, 0.3) is 0 Å². The predicted molar refractivity (Wildman–Crippen MR) is 94.2 cm³/mol. The van der Waals surface area contributed by atoms with E-state index in [1.54, 1.807) is 0 Å². The number of nitrogens with zero attached hydrogens (tertiary/aromatic N) is 3. The molecule has 0 aliphatic rings. The Morgan fingerprint density at radius 1 is 1.44 bits per heavy atom. The van der Waals surface area contributed by atoms with Crippen LogP contribution < -0.4 is 21.2 Å². The molecule has 1 aromatic carbocycles. The number of hydrogen-bond acceptors (Lipinski definition) is 7. The molecule has 144 valence electrons. The molecule has 0 aliphatic carbocycles. The largest absolute Gasteiger partial charge is 0.755 e. The molecule has 11 nitrogen and oxygen atoms in total. The number of aromatic nitrogens is 1. The Morgan fingerprint density at radius 2 is 2.15 bits per heavy atom. The third-order valence-corrected chi connectivity index (χ3v) is 4.63. The van der Waals surface area contributed by atoms with Gasteiger partial charge < -0.3 is 21.1 Å². The normalized spacial score (nSPS) is 11.5. The number of nitrogens with two attached hydrogens (primary N) is 2. The Bertz CT molecular complexity index is 930. The molecule has 2 rings (SSSR count). The SMILES string of the molecule is NC(N)=NNC(=O)Cc1ccc(N(c2scnc2C(=O)O)S(=O)[O-])cc1F. The summed E-state index contributed by atoms with van der Waals surface area (Å²) in [5.41, 5.74) is 12.6. The van der Waals surface area contributed by atoms with Gasteiger partial charge in [-0.05, 0) is 17.7 Å². The van der Waals surface area contributed by atoms with Crippen molar-refractivity contribution in [3.05, 3.63) is 40.8 Å². The number of aromatic carboxylic acids is 1. The van der Waals surface area contributed by atoms with Crippen molar-refractivity contribution in [3.63, 3.8) is 0 Å². The molecule has 27 heavy (non-hydrogen) atoms. The molecular formula is C13H12FN6O5S2-. The van der Waals surface area contributed by atoms with Crippen molar-refractivity contribution in [3.8, 4) is 0 Å². The Hall–Kier alpha value is -3.10. The second kappa shape index (κ2) is 8.52. The minimum absolute atomic E-state index is 0.0542. The third kappa shape index (κ3) is 4.96. The van der Waals surface area contributed by atoms with Crippen LogP contribution in [0.1, 0.15) is 16.1 Å². The van der Waals surface area contributed by atoms with E-state index in [-0.39, 0.29) is 22.2 Å². The summed E-state index contributed by atoms with van der Waals surface area (Å²) in [5, 5.41) is 12.2. The smallest absolute Gasteiger partial charge is 0.357 e. The highest BCUT2D eigenvalue weighted by Gasteiger charge is 2.23. The zero-order valence-corrected chi connectivity index (χ0v) is 14.9. The maximum Gasteiger partial charge on any atom is 0.357 e. The molecule has 0 spiro atoms. The van der Waals surface area contributed by atoms with Crippen molar-refractivity contribution < 1.29 is 27.8 Å². The van der Waals surface area contributed by atoms with Gasteiger partial charge in [0.15, 0.2) is 5.69 Å². The molecule has 1 heterocycles. The molecule has 2 aromatic rings. The number of thiazole rings is 1. The molecule has 0 saturated heterocycles. The van der Waals surface area contributed by atoms with Gasteiger partial charge in [-0.15, -0.1) is 16.4 Å². The lowest BCUT2D eigenvalue weighted by Crippen LogP contribution is -2.29. The summed E-state index contributed by atoms with van der Waals surface area (Å²) in [6.45, 7) is 0. The van der Waals surface area contributed by atoms with Crippen LogP contribution >= 0.6 is 11.3 Å². The van der Waals surface area contributed by atoms with Gasteiger partial charge in [-0.1, -0.05) is 6.07 Å². The number of carboxylic acids is 1. The first-order valence-corrected chi connectivity index (χ1v) is 8.84. The number of halogens is 1. The van der Waals surface area contributed by atoms with Crippen LogP contribution in [0.15, 0.2) is 28.8 Å². The number of rotatable bonds is 7. The first-order chi connectivity index (χ1) is 12.7. The zero-order valence-electron chi connectivity index (χ0n) is 13.3. The molecule has 1 atom stereocenters. The van der Waals surface area contributed by atoms with E-state index in [2.05, 4.69) is 10.1 Å². The van der Waals surface area contributed by atoms with E-state index in [1.165, 1.54) is 12.1 Å². The Balaban J connectivity index is 2.32. The molecule has 14 heteroatoms. The van der Waals surface area contributed by atoms with Crippen LogP contribution in [0.4, 0.5) is 15.1 Å². The second-order valence-electron chi connectivity index (χ2n) is 4.85. The quantitative estimate of drug-likeness (QED) is 0.206. The van der Waals surface area contributed by atoms with Crippen LogP contribution in [0, 0.1) is 5.82 Å². The van der Waals surface area contributed by atoms with E-state index >= 15 is 0 Å². The lowest BCUT2D eigenvalue weighted by atomic mass is 10.1. The minimum Gasteiger partial charge on any atom is -0.755 e. The van der Waals surface area contributed by atoms with E-state index in [1.807, 2.05) is 5.43 Å². The van der Waals surface area contributed by atoms with Crippen molar-refractivity contribution in [2.24, 2.45) is 16.6 Å². The Morgan fingerprint density at radius 3 is 2.70 bits per heavy atom. The number of guanidine groups is 1. The average Bonchev–Trinajstić information content (AvgIpc) is 3.04. The van der Waals surface area contributed by atoms with Crippen molar-refractivity contribution >= 4 is 51.1 Å². The number of hydrazone groups is 1. The number of amides is 1. The monoisotopic (exact) mass is 415 g/mol. The fraction of sp³-hybridized carbons (Fsp3) is 0.0769. The zero-order chi connectivity index (χ0) is 20.1. The Labute approximate surface area is 157 Å². The van der Waals surface area contributed by atoms with Crippen molar-refractivity contribution in [2.45, 2.75) is 6.42 Å². The van der Waals surface area contributed by atoms with Gasteiger partial charge in [-0.2, -0.15) is 0 Å². The number of carbonyl (C=O) groups excluding carboxylic acids is 1. The third-order valence-electron chi connectivity index (χ3n) is 3.02. The van der Waals surface area contributed by atoms with Crippen LogP contribution in [-0.4, -0.2) is 36.7 Å². The minimum atomic E-state index is -2.95. The lowest BCUT2D eigenvalue weighted by molar-refractivity contribution is -0.120. The highest BCUT2D eigenvalue weighted by molar-refractivity contribution is 7.81. The molecular weight excluding hydrogens is 403 g/mol. The van der Waals surface area contributed by atoms with Crippen LogP contribution in [0.2, 0.25) is 0 Å². The van der Waals surface area contributed by atoms with E-state index < -0.39 is 41.1 Å². The molecule has 1 unspecified atom stereocenters. The van der Waals surface area contributed by atoms with Crippen LogP contribution in [-0.2, 0) is 22.5 Å². The molecule has 0 aliphatic heterocycles. The number of carboxylic acid groups (broad SMARTS) is 1. The van der Waals surface area contributed by atoms with Gasteiger partial charge in [-0.3, -0.25) is 13.3 Å². The predicted octanol–water partition coefficient (Wildman–Crippen LogP) is -0.240. The summed E-state index contributed by atoms with van der Waals surface area (Å²) in [4.78, 5) is 26.4. The molecule has 0 bridgehead atoms. The van der Waals surface area contributed by atoms with Crippen molar-refractivity contribution in [1.82, 2.24) is 10.4 Å². The van der Waals surface area contributed by atoms with Crippen molar-refractivity contribution in [1.29, 1.82) is 0 Å². The highest BCUT2D eigenvalue weighted by atomic mass is 32.2. The topological polar surface area (TPSA) is 187 Å². The summed E-state index contributed by atoms with van der Waals surface area (Å²) < 4.78 is 38.1. The van der Waals surface area contributed by atoms with E-state index in [0.717, 1.165) is 22.9 Å². The first-order valence-electron chi connectivity index (χ1n) is 6.93. The molecule has 6 N–H and O–H groups in total. The first kappa shape index (κ1) is 20.2. The van der Waals surface area contributed by atoms with Crippen LogP contribution in [0.5, 0.6) is 0 Å². The summed E-state index contributed by atoms with van der Waals surface area (Å²) in [5.74, 6) is -3.40. The molecule has 1 amide bonds. The summed E-state index contributed by atoms with van der Waals surface area (Å²) in [6, 6.07) is 3.25. The van der Waals surface area contributed by atoms with E-state index in [0.29, 0.717) is 4.31 Å². The fourth-order valence-electron chi connectivity index (χ4n) is 1.95. The molecule has 0 saturated carbocycles. The van der Waals surface area contributed by atoms with Gasteiger partial charge in [0.2, 0.25) is 11.9 Å². The Kier molecular flexibility index (Phi) is 6.38. The standard InChI is InChI=1S/C13H13FN6O5S2/c14-8-4-7(2-1-6(8)3-9(21)18-19-13(15)16)20(27(24)25)11-10(12(22)23)17-5-26-11/h1-2,4-5H,3H2,(H,18,21)(H,22,23)(H,24,25)(H4,15,16,19)/p-1. The lowest BCUT2D eigenvalue weighted by Gasteiger charge is -2.25. The molecule has 0 radical (unpaired) electrons. The van der Waals surface area contributed by atoms with Gasteiger partial charge in [-0.25, -0.2) is 19.6 Å². The van der Waals surface area contributed by atoms with E-state index in [4.69, 9.17) is 16.6 Å². The maximum absolute atomic E-state index is 14.3. The maximum atomic E-state index is 14.3. The van der Waals surface area contributed by atoms with Crippen LogP contribution in [0.3, 0.4) is 0 Å². The summed E-state index contributed by atoms with van der Waals surface area (Å²) >= 11 is -2.19. The van der Waals surface area contributed by atoms with Gasteiger partial charge in [0.1, 0.15) is 10.8 Å².